The van der Waals surface area contributed by atoms with Crippen molar-refractivity contribution < 1.29 is 0 Å². The SMILES string of the molecule is CCCNCCCNCCc1ccccc1C. The maximum Gasteiger partial charge on any atom is -0.000824 e. The molecule has 96 valence electrons. The molecule has 0 radical (unpaired) electrons. The van der Waals surface area contributed by atoms with Gasteiger partial charge in [0.1, 0.15) is 0 Å². The molecule has 2 heteroatoms. The van der Waals surface area contributed by atoms with Crippen LogP contribution in [0.4, 0.5) is 0 Å². The van der Waals surface area contributed by atoms with Gasteiger partial charge < -0.3 is 10.6 Å². The monoisotopic (exact) mass is 234 g/mol. The van der Waals surface area contributed by atoms with Crippen LogP contribution in [0.15, 0.2) is 24.3 Å². The molecular weight excluding hydrogens is 208 g/mol. The van der Waals surface area contributed by atoms with Gasteiger partial charge in [0.05, 0.1) is 0 Å². The summed E-state index contributed by atoms with van der Waals surface area (Å²) in [5.41, 5.74) is 2.86. The first-order chi connectivity index (χ1) is 8.34. The molecule has 1 aromatic carbocycles. The standard InChI is InChI=1S/C15H26N2/c1-3-10-16-11-6-12-17-13-9-15-8-5-4-7-14(15)2/h4-5,7-8,16-17H,3,6,9-13H2,1-2H3. The van der Waals surface area contributed by atoms with Gasteiger partial charge in [0.15, 0.2) is 0 Å². The van der Waals surface area contributed by atoms with E-state index in [9.17, 15) is 0 Å². The van der Waals surface area contributed by atoms with E-state index in [4.69, 9.17) is 0 Å². The Balaban J connectivity index is 1.99. The summed E-state index contributed by atoms with van der Waals surface area (Å²) in [6.45, 7) is 8.85. The smallest absolute Gasteiger partial charge is 0.000824 e. The highest BCUT2D eigenvalue weighted by Gasteiger charge is 1.96. The third-order valence-electron chi connectivity index (χ3n) is 2.97. The van der Waals surface area contributed by atoms with E-state index in [1.807, 2.05) is 0 Å². The lowest BCUT2D eigenvalue weighted by molar-refractivity contribution is 0.592. The summed E-state index contributed by atoms with van der Waals surface area (Å²) in [5.74, 6) is 0. The number of benzene rings is 1. The van der Waals surface area contributed by atoms with Crippen LogP contribution in [-0.2, 0) is 6.42 Å². The van der Waals surface area contributed by atoms with Crippen molar-refractivity contribution in [2.24, 2.45) is 0 Å². The summed E-state index contributed by atoms with van der Waals surface area (Å²) in [5, 5.41) is 6.91. The lowest BCUT2D eigenvalue weighted by Crippen LogP contribution is -2.24. The van der Waals surface area contributed by atoms with E-state index >= 15 is 0 Å². The zero-order chi connectivity index (χ0) is 12.3. The fourth-order valence-corrected chi connectivity index (χ4v) is 1.88. The lowest BCUT2D eigenvalue weighted by Gasteiger charge is -2.07. The van der Waals surface area contributed by atoms with Crippen LogP contribution < -0.4 is 10.6 Å². The summed E-state index contributed by atoms with van der Waals surface area (Å²) in [4.78, 5) is 0. The normalized spacial score (nSPS) is 10.7. The van der Waals surface area contributed by atoms with E-state index in [0.717, 1.165) is 32.6 Å². The Labute approximate surface area is 106 Å². The molecule has 2 N–H and O–H groups in total. The minimum Gasteiger partial charge on any atom is -0.317 e. The van der Waals surface area contributed by atoms with E-state index < -0.39 is 0 Å². The molecule has 0 heterocycles. The second-order valence-corrected chi connectivity index (χ2v) is 4.53. The van der Waals surface area contributed by atoms with Crippen molar-refractivity contribution in [3.8, 4) is 0 Å². The van der Waals surface area contributed by atoms with Crippen molar-refractivity contribution in [1.29, 1.82) is 0 Å². The minimum atomic E-state index is 1.08. The van der Waals surface area contributed by atoms with Crippen LogP contribution >= 0.6 is 0 Å². The molecule has 2 nitrogen and oxygen atoms in total. The van der Waals surface area contributed by atoms with Crippen LogP contribution in [0, 0.1) is 6.92 Å². The van der Waals surface area contributed by atoms with E-state index in [1.54, 1.807) is 0 Å². The zero-order valence-corrected chi connectivity index (χ0v) is 11.3. The van der Waals surface area contributed by atoms with Crippen molar-refractivity contribution in [1.82, 2.24) is 10.6 Å². The van der Waals surface area contributed by atoms with Crippen LogP contribution in [0.25, 0.3) is 0 Å². The quantitative estimate of drug-likeness (QED) is 0.642. The van der Waals surface area contributed by atoms with Gasteiger partial charge in [-0.05, 0) is 63.5 Å². The molecule has 0 atom stereocenters. The van der Waals surface area contributed by atoms with Crippen molar-refractivity contribution in [2.45, 2.75) is 33.1 Å². The third kappa shape index (κ3) is 6.44. The van der Waals surface area contributed by atoms with E-state index in [2.05, 4.69) is 48.7 Å². The molecule has 1 aromatic rings. The first-order valence-electron chi connectivity index (χ1n) is 6.80. The van der Waals surface area contributed by atoms with Gasteiger partial charge in [-0.15, -0.1) is 0 Å². The van der Waals surface area contributed by atoms with E-state index in [-0.39, 0.29) is 0 Å². The van der Waals surface area contributed by atoms with E-state index in [1.165, 1.54) is 24.0 Å². The van der Waals surface area contributed by atoms with Gasteiger partial charge in [0, 0.05) is 0 Å². The Morgan fingerprint density at radius 1 is 0.941 bits per heavy atom. The molecule has 0 bridgehead atoms. The first kappa shape index (κ1) is 14.2. The van der Waals surface area contributed by atoms with Crippen molar-refractivity contribution >= 4 is 0 Å². The predicted molar refractivity (Wildman–Crippen MR) is 75.5 cm³/mol. The molecule has 17 heavy (non-hydrogen) atoms. The number of aryl methyl sites for hydroxylation is 1. The molecule has 0 fully saturated rings. The van der Waals surface area contributed by atoms with Gasteiger partial charge >= 0.3 is 0 Å². The molecule has 0 saturated heterocycles. The molecule has 0 spiro atoms. The van der Waals surface area contributed by atoms with Crippen molar-refractivity contribution in [3.05, 3.63) is 35.4 Å². The second-order valence-electron chi connectivity index (χ2n) is 4.53. The molecule has 0 unspecified atom stereocenters. The van der Waals surface area contributed by atoms with Crippen LogP contribution in [0.1, 0.15) is 30.9 Å². The Hall–Kier alpha value is -0.860. The Kier molecular flexibility index (Phi) is 7.69. The van der Waals surface area contributed by atoms with Gasteiger partial charge in [0.2, 0.25) is 0 Å². The van der Waals surface area contributed by atoms with Crippen LogP contribution in [0.3, 0.4) is 0 Å². The Bertz CT molecular complexity index is 297. The Morgan fingerprint density at radius 3 is 2.35 bits per heavy atom. The number of hydrogen-bond acceptors (Lipinski definition) is 2. The summed E-state index contributed by atoms with van der Waals surface area (Å²) >= 11 is 0. The molecular formula is C15H26N2. The molecule has 0 saturated carbocycles. The predicted octanol–water partition coefficient (Wildman–Crippen LogP) is 2.52. The third-order valence-corrected chi connectivity index (χ3v) is 2.97. The van der Waals surface area contributed by atoms with Gasteiger partial charge in [0.25, 0.3) is 0 Å². The van der Waals surface area contributed by atoms with Gasteiger partial charge in [-0.2, -0.15) is 0 Å². The van der Waals surface area contributed by atoms with Gasteiger partial charge in [-0.25, -0.2) is 0 Å². The average Bonchev–Trinajstić information content (AvgIpc) is 2.35. The molecule has 0 aliphatic heterocycles. The zero-order valence-electron chi connectivity index (χ0n) is 11.3. The second kappa shape index (κ2) is 9.20. The molecule has 0 amide bonds. The molecule has 0 aliphatic carbocycles. The average molecular weight is 234 g/mol. The fraction of sp³-hybridized carbons (Fsp3) is 0.600. The van der Waals surface area contributed by atoms with Crippen LogP contribution in [0.5, 0.6) is 0 Å². The molecule has 0 aliphatic rings. The highest BCUT2D eigenvalue weighted by molar-refractivity contribution is 5.25. The van der Waals surface area contributed by atoms with Crippen LogP contribution in [-0.4, -0.2) is 26.2 Å². The fourth-order valence-electron chi connectivity index (χ4n) is 1.88. The largest absolute Gasteiger partial charge is 0.317 e. The summed E-state index contributed by atoms with van der Waals surface area (Å²) in [7, 11) is 0. The highest BCUT2D eigenvalue weighted by Crippen LogP contribution is 2.06. The summed E-state index contributed by atoms with van der Waals surface area (Å²) in [6.07, 6.45) is 3.57. The lowest BCUT2D eigenvalue weighted by atomic mass is 10.1. The summed E-state index contributed by atoms with van der Waals surface area (Å²) in [6, 6.07) is 8.63. The molecule has 0 aromatic heterocycles. The first-order valence-corrected chi connectivity index (χ1v) is 6.80. The topological polar surface area (TPSA) is 24.1 Å². The maximum absolute atomic E-state index is 3.50. The maximum atomic E-state index is 3.50. The highest BCUT2D eigenvalue weighted by atomic mass is 14.9. The van der Waals surface area contributed by atoms with Crippen molar-refractivity contribution in [3.63, 3.8) is 0 Å². The minimum absolute atomic E-state index is 1.08. The van der Waals surface area contributed by atoms with Gasteiger partial charge in [-0.1, -0.05) is 31.2 Å². The van der Waals surface area contributed by atoms with E-state index in [0.29, 0.717) is 0 Å². The Morgan fingerprint density at radius 2 is 1.65 bits per heavy atom. The number of hydrogen-bond donors (Lipinski definition) is 2. The van der Waals surface area contributed by atoms with Crippen LogP contribution in [0.2, 0.25) is 0 Å². The van der Waals surface area contributed by atoms with Gasteiger partial charge in [-0.3, -0.25) is 0 Å². The van der Waals surface area contributed by atoms with Crippen molar-refractivity contribution in [2.75, 3.05) is 26.2 Å². The number of rotatable bonds is 9. The molecule has 1 rings (SSSR count). The number of nitrogens with one attached hydrogen (secondary N) is 2. The summed E-state index contributed by atoms with van der Waals surface area (Å²) < 4.78 is 0.